The summed E-state index contributed by atoms with van der Waals surface area (Å²) in [5, 5.41) is 8.33. The number of rotatable bonds is 5. The van der Waals surface area contributed by atoms with Crippen LogP contribution in [0.5, 0.6) is 5.75 Å². The number of urea groups is 1. The van der Waals surface area contributed by atoms with Crippen molar-refractivity contribution in [1.29, 1.82) is 0 Å². The van der Waals surface area contributed by atoms with Gasteiger partial charge in [0.25, 0.3) is 11.8 Å². The summed E-state index contributed by atoms with van der Waals surface area (Å²) in [6.45, 7) is 1.87. The van der Waals surface area contributed by atoms with Crippen LogP contribution in [-0.4, -0.2) is 46.8 Å². The molecule has 1 aromatic rings. The van der Waals surface area contributed by atoms with Crippen LogP contribution in [0.25, 0.3) is 0 Å². The normalized spacial score (nSPS) is 22.2. The summed E-state index contributed by atoms with van der Waals surface area (Å²) in [5.41, 5.74) is 0.325. The number of carbonyl (C=O) groups is 4. The summed E-state index contributed by atoms with van der Waals surface area (Å²) >= 11 is 0. The van der Waals surface area contributed by atoms with Crippen molar-refractivity contribution in [3.8, 4) is 5.75 Å². The fraction of sp³-hybridized carbons (Fsp3) is 0.500. The molecule has 1 saturated carbocycles. The Morgan fingerprint density at radius 1 is 1.28 bits per heavy atom. The number of amides is 5. The van der Waals surface area contributed by atoms with E-state index in [-0.39, 0.29) is 36.7 Å². The van der Waals surface area contributed by atoms with Gasteiger partial charge in [0.2, 0.25) is 5.91 Å². The molecule has 1 aromatic carbocycles. The molecule has 2 heterocycles. The van der Waals surface area contributed by atoms with E-state index in [9.17, 15) is 19.2 Å². The van der Waals surface area contributed by atoms with Crippen molar-refractivity contribution in [3.63, 3.8) is 0 Å². The lowest BCUT2D eigenvalue weighted by Gasteiger charge is -2.23. The zero-order valence-electron chi connectivity index (χ0n) is 16.2. The summed E-state index contributed by atoms with van der Waals surface area (Å²) in [7, 11) is 0. The van der Waals surface area contributed by atoms with Gasteiger partial charge < -0.3 is 20.7 Å². The van der Waals surface area contributed by atoms with Gasteiger partial charge in [-0.2, -0.15) is 0 Å². The van der Waals surface area contributed by atoms with Crippen molar-refractivity contribution in [1.82, 2.24) is 10.2 Å². The van der Waals surface area contributed by atoms with Crippen molar-refractivity contribution in [2.24, 2.45) is 0 Å². The van der Waals surface area contributed by atoms with E-state index in [1.807, 2.05) is 0 Å². The van der Waals surface area contributed by atoms with Gasteiger partial charge in [0, 0.05) is 18.7 Å². The predicted octanol–water partition coefficient (Wildman–Crippen LogP) is 1.99. The topological polar surface area (TPSA) is 117 Å². The highest BCUT2D eigenvalue weighted by molar-refractivity contribution is 6.07. The Hall–Kier alpha value is -3.10. The summed E-state index contributed by atoms with van der Waals surface area (Å²) in [5.74, 6) is -0.0897. The second-order valence-electron chi connectivity index (χ2n) is 7.79. The van der Waals surface area contributed by atoms with Crippen LogP contribution in [0.1, 0.15) is 45.4 Å². The van der Waals surface area contributed by atoms with Crippen molar-refractivity contribution in [2.45, 2.75) is 57.1 Å². The third-order valence-corrected chi connectivity index (χ3v) is 5.68. The summed E-state index contributed by atoms with van der Waals surface area (Å²) in [6, 6.07) is 4.66. The highest BCUT2D eigenvalue weighted by Gasteiger charge is 2.52. The fourth-order valence-electron chi connectivity index (χ4n) is 4.10. The molecule has 1 unspecified atom stereocenters. The van der Waals surface area contributed by atoms with E-state index < -0.39 is 11.6 Å². The van der Waals surface area contributed by atoms with E-state index in [4.69, 9.17) is 4.74 Å². The maximum Gasteiger partial charge on any atom is 0.325 e. The number of anilines is 2. The second-order valence-corrected chi connectivity index (χ2v) is 7.79. The third kappa shape index (κ3) is 3.64. The SMILES string of the molecule is CC1Oc2ccc(NC(=O)CCCN3C(=O)NC4(CCCC4)C3=O)cc2NC1=O. The molecule has 3 aliphatic rings. The van der Waals surface area contributed by atoms with Gasteiger partial charge in [0.05, 0.1) is 5.69 Å². The molecule has 2 aliphatic heterocycles. The van der Waals surface area contributed by atoms with E-state index in [1.165, 1.54) is 4.90 Å². The molecule has 29 heavy (non-hydrogen) atoms. The van der Waals surface area contributed by atoms with Gasteiger partial charge in [-0.1, -0.05) is 12.8 Å². The molecule has 1 spiro atoms. The van der Waals surface area contributed by atoms with E-state index >= 15 is 0 Å². The molecule has 1 atom stereocenters. The van der Waals surface area contributed by atoms with Gasteiger partial charge in [0.1, 0.15) is 11.3 Å². The van der Waals surface area contributed by atoms with Gasteiger partial charge in [-0.25, -0.2) is 4.79 Å². The number of hydrogen-bond acceptors (Lipinski definition) is 5. The third-order valence-electron chi connectivity index (χ3n) is 5.68. The lowest BCUT2D eigenvalue weighted by molar-refractivity contribution is -0.131. The van der Waals surface area contributed by atoms with Gasteiger partial charge in [-0.05, 0) is 44.4 Å². The Labute approximate surface area is 168 Å². The van der Waals surface area contributed by atoms with Crippen molar-refractivity contribution < 1.29 is 23.9 Å². The van der Waals surface area contributed by atoms with Crippen LogP contribution in [0.4, 0.5) is 16.2 Å². The fourth-order valence-corrected chi connectivity index (χ4v) is 4.10. The zero-order chi connectivity index (χ0) is 20.6. The molecule has 4 rings (SSSR count). The van der Waals surface area contributed by atoms with Gasteiger partial charge in [0.15, 0.2) is 6.10 Å². The molecule has 3 N–H and O–H groups in total. The molecule has 5 amide bonds. The molecule has 0 bridgehead atoms. The second kappa shape index (κ2) is 7.38. The number of nitrogens with zero attached hydrogens (tertiary/aromatic N) is 1. The maximum absolute atomic E-state index is 12.6. The summed E-state index contributed by atoms with van der Waals surface area (Å²) in [6.07, 6.45) is 3.24. The predicted molar refractivity (Wildman–Crippen MR) is 104 cm³/mol. The minimum Gasteiger partial charge on any atom is -0.479 e. The highest BCUT2D eigenvalue weighted by atomic mass is 16.5. The Bertz CT molecular complexity index is 878. The number of carbonyl (C=O) groups excluding carboxylic acids is 4. The van der Waals surface area contributed by atoms with E-state index in [1.54, 1.807) is 25.1 Å². The van der Waals surface area contributed by atoms with Crippen molar-refractivity contribution in [2.75, 3.05) is 17.2 Å². The Morgan fingerprint density at radius 2 is 2.03 bits per heavy atom. The van der Waals surface area contributed by atoms with Crippen molar-refractivity contribution in [3.05, 3.63) is 18.2 Å². The van der Waals surface area contributed by atoms with Crippen LogP contribution in [-0.2, 0) is 14.4 Å². The Kier molecular flexibility index (Phi) is 4.89. The molecule has 2 fully saturated rings. The minimum absolute atomic E-state index is 0.167. The first-order chi connectivity index (χ1) is 13.9. The van der Waals surface area contributed by atoms with Crippen LogP contribution >= 0.6 is 0 Å². The zero-order valence-corrected chi connectivity index (χ0v) is 16.2. The number of hydrogen-bond donors (Lipinski definition) is 3. The van der Waals surface area contributed by atoms with E-state index in [2.05, 4.69) is 16.0 Å². The van der Waals surface area contributed by atoms with Crippen LogP contribution in [0, 0.1) is 0 Å². The molecule has 9 heteroatoms. The Morgan fingerprint density at radius 3 is 2.79 bits per heavy atom. The molecular weight excluding hydrogens is 376 g/mol. The van der Waals surface area contributed by atoms with Gasteiger partial charge in [-0.3, -0.25) is 19.3 Å². The first kappa shape index (κ1) is 19.2. The average Bonchev–Trinajstić information content (AvgIpc) is 3.23. The van der Waals surface area contributed by atoms with Crippen molar-refractivity contribution >= 4 is 35.1 Å². The van der Waals surface area contributed by atoms with Crippen LogP contribution in [0.2, 0.25) is 0 Å². The smallest absolute Gasteiger partial charge is 0.325 e. The number of imide groups is 1. The standard InChI is InChI=1S/C20H24N4O5/c1-12-17(26)22-14-11-13(6-7-15(14)29-12)21-16(25)5-4-10-24-18(27)20(23-19(24)28)8-2-3-9-20/h6-7,11-12H,2-5,8-10H2,1H3,(H,21,25)(H,22,26)(H,23,28). The molecular formula is C20H24N4O5. The highest BCUT2D eigenvalue weighted by Crippen LogP contribution is 2.35. The average molecular weight is 400 g/mol. The van der Waals surface area contributed by atoms with E-state index in [0.717, 1.165) is 12.8 Å². The Balaban J connectivity index is 1.29. The lowest BCUT2D eigenvalue weighted by Crippen LogP contribution is -2.44. The number of benzene rings is 1. The monoisotopic (exact) mass is 400 g/mol. The van der Waals surface area contributed by atoms with Crippen LogP contribution in [0.3, 0.4) is 0 Å². The maximum atomic E-state index is 12.6. The molecule has 154 valence electrons. The molecule has 1 aliphatic carbocycles. The number of nitrogens with one attached hydrogen (secondary N) is 3. The first-order valence-corrected chi connectivity index (χ1v) is 9.93. The van der Waals surface area contributed by atoms with Crippen LogP contribution < -0.4 is 20.7 Å². The molecule has 1 saturated heterocycles. The largest absolute Gasteiger partial charge is 0.479 e. The summed E-state index contributed by atoms with van der Waals surface area (Å²) in [4.78, 5) is 49.9. The summed E-state index contributed by atoms with van der Waals surface area (Å²) < 4.78 is 5.49. The van der Waals surface area contributed by atoms with Gasteiger partial charge >= 0.3 is 6.03 Å². The van der Waals surface area contributed by atoms with Crippen LogP contribution in [0.15, 0.2) is 18.2 Å². The molecule has 9 nitrogen and oxygen atoms in total. The first-order valence-electron chi connectivity index (χ1n) is 9.93. The molecule has 0 radical (unpaired) electrons. The van der Waals surface area contributed by atoms with E-state index in [0.29, 0.717) is 36.4 Å². The molecule has 0 aromatic heterocycles. The van der Waals surface area contributed by atoms with Gasteiger partial charge in [-0.15, -0.1) is 0 Å². The number of ether oxygens (including phenoxy) is 1. The quantitative estimate of drug-likeness (QED) is 0.654. The number of fused-ring (bicyclic) bond motifs is 1. The lowest BCUT2D eigenvalue weighted by atomic mass is 9.98. The minimum atomic E-state index is -0.716.